The SMILES string of the molecule is Cc1ccc(-c2c(C)c(C)cc(-c3ccccc3)c2Cl)c(C)c1. The van der Waals surface area contributed by atoms with E-state index in [1.54, 1.807) is 0 Å². The number of halogens is 1. The molecule has 3 aromatic carbocycles. The molecule has 0 saturated carbocycles. The van der Waals surface area contributed by atoms with Gasteiger partial charge in [-0.15, -0.1) is 0 Å². The van der Waals surface area contributed by atoms with Gasteiger partial charge in [-0.05, 0) is 61.6 Å². The molecule has 0 spiro atoms. The second kappa shape index (κ2) is 6.22. The van der Waals surface area contributed by atoms with Crippen LogP contribution in [0.15, 0.2) is 54.6 Å². The van der Waals surface area contributed by atoms with E-state index in [0.29, 0.717) is 0 Å². The Labute approximate surface area is 143 Å². The van der Waals surface area contributed by atoms with E-state index < -0.39 is 0 Å². The Morgan fingerprint density at radius 2 is 1.39 bits per heavy atom. The van der Waals surface area contributed by atoms with Crippen molar-refractivity contribution in [2.75, 3.05) is 0 Å². The van der Waals surface area contributed by atoms with Gasteiger partial charge in [-0.3, -0.25) is 0 Å². The van der Waals surface area contributed by atoms with E-state index in [-0.39, 0.29) is 0 Å². The Morgan fingerprint density at radius 1 is 0.696 bits per heavy atom. The largest absolute Gasteiger partial charge is 0.0830 e. The lowest BCUT2D eigenvalue weighted by molar-refractivity contribution is 1.32. The summed E-state index contributed by atoms with van der Waals surface area (Å²) in [5, 5.41) is 0.839. The van der Waals surface area contributed by atoms with Crippen molar-refractivity contribution in [2.45, 2.75) is 27.7 Å². The molecule has 0 heterocycles. The van der Waals surface area contributed by atoms with Gasteiger partial charge in [0.15, 0.2) is 0 Å². The fraction of sp³-hybridized carbons (Fsp3) is 0.182. The highest BCUT2D eigenvalue weighted by Gasteiger charge is 2.16. The van der Waals surface area contributed by atoms with Crippen molar-refractivity contribution in [1.82, 2.24) is 0 Å². The van der Waals surface area contributed by atoms with Crippen molar-refractivity contribution in [3.8, 4) is 22.3 Å². The van der Waals surface area contributed by atoms with Gasteiger partial charge in [0.25, 0.3) is 0 Å². The fourth-order valence-corrected chi connectivity index (χ4v) is 3.53. The summed E-state index contributed by atoms with van der Waals surface area (Å²) in [6, 6.07) is 19.1. The first-order valence-electron chi connectivity index (χ1n) is 7.92. The van der Waals surface area contributed by atoms with Gasteiger partial charge in [0.2, 0.25) is 0 Å². The van der Waals surface area contributed by atoms with E-state index in [1.807, 2.05) is 6.07 Å². The van der Waals surface area contributed by atoms with Crippen molar-refractivity contribution in [2.24, 2.45) is 0 Å². The average molecular weight is 321 g/mol. The number of rotatable bonds is 2. The van der Waals surface area contributed by atoms with Crippen LogP contribution in [0.25, 0.3) is 22.3 Å². The minimum absolute atomic E-state index is 0.839. The topological polar surface area (TPSA) is 0 Å². The summed E-state index contributed by atoms with van der Waals surface area (Å²) in [6.07, 6.45) is 0. The average Bonchev–Trinajstić information content (AvgIpc) is 2.54. The third kappa shape index (κ3) is 2.92. The highest BCUT2D eigenvalue weighted by molar-refractivity contribution is 6.36. The van der Waals surface area contributed by atoms with Crippen LogP contribution in [0.5, 0.6) is 0 Å². The lowest BCUT2D eigenvalue weighted by Gasteiger charge is -2.18. The molecule has 116 valence electrons. The van der Waals surface area contributed by atoms with E-state index in [2.05, 4.69) is 76.2 Å². The van der Waals surface area contributed by atoms with Crippen molar-refractivity contribution >= 4 is 11.6 Å². The van der Waals surface area contributed by atoms with Crippen LogP contribution in [0.4, 0.5) is 0 Å². The van der Waals surface area contributed by atoms with Crippen LogP contribution in [0.3, 0.4) is 0 Å². The molecule has 0 bridgehead atoms. The first kappa shape index (κ1) is 15.8. The molecule has 23 heavy (non-hydrogen) atoms. The molecule has 0 aromatic heterocycles. The van der Waals surface area contributed by atoms with Gasteiger partial charge in [-0.2, -0.15) is 0 Å². The number of benzene rings is 3. The highest BCUT2D eigenvalue weighted by Crippen LogP contribution is 2.41. The van der Waals surface area contributed by atoms with Gasteiger partial charge >= 0.3 is 0 Å². The number of hydrogen-bond acceptors (Lipinski definition) is 0. The molecule has 3 rings (SSSR count). The lowest BCUT2D eigenvalue weighted by atomic mass is 9.89. The Balaban J connectivity index is 2.31. The molecule has 0 aliphatic heterocycles. The zero-order valence-corrected chi connectivity index (χ0v) is 14.8. The molecule has 0 aliphatic carbocycles. The third-order valence-corrected chi connectivity index (χ3v) is 4.91. The highest BCUT2D eigenvalue weighted by atomic mass is 35.5. The fourth-order valence-electron chi connectivity index (χ4n) is 3.13. The summed E-state index contributed by atoms with van der Waals surface area (Å²) in [4.78, 5) is 0. The van der Waals surface area contributed by atoms with Crippen molar-refractivity contribution in [1.29, 1.82) is 0 Å². The quantitative estimate of drug-likeness (QED) is 0.481. The predicted molar refractivity (Wildman–Crippen MR) is 101 cm³/mol. The van der Waals surface area contributed by atoms with E-state index >= 15 is 0 Å². The normalized spacial score (nSPS) is 10.8. The van der Waals surface area contributed by atoms with Crippen molar-refractivity contribution in [3.05, 3.63) is 81.9 Å². The van der Waals surface area contributed by atoms with Crippen molar-refractivity contribution in [3.63, 3.8) is 0 Å². The van der Waals surface area contributed by atoms with Crippen LogP contribution < -0.4 is 0 Å². The zero-order valence-electron chi connectivity index (χ0n) is 14.1. The first-order chi connectivity index (χ1) is 11.0. The van der Waals surface area contributed by atoms with Crippen LogP contribution in [-0.2, 0) is 0 Å². The maximum absolute atomic E-state index is 6.87. The monoisotopic (exact) mass is 320 g/mol. The molecule has 0 atom stereocenters. The van der Waals surface area contributed by atoms with Crippen LogP contribution in [0, 0.1) is 27.7 Å². The zero-order chi connectivity index (χ0) is 16.6. The van der Waals surface area contributed by atoms with E-state index in [9.17, 15) is 0 Å². The van der Waals surface area contributed by atoms with E-state index in [1.165, 1.54) is 27.8 Å². The minimum Gasteiger partial charge on any atom is -0.0830 e. The maximum Gasteiger partial charge on any atom is 0.0565 e. The van der Waals surface area contributed by atoms with Gasteiger partial charge in [0, 0.05) is 11.1 Å². The van der Waals surface area contributed by atoms with Gasteiger partial charge in [0.1, 0.15) is 0 Å². The van der Waals surface area contributed by atoms with Crippen LogP contribution in [-0.4, -0.2) is 0 Å². The molecular weight excluding hydrogens is 300 g/mol. The number of hydrogen-bond donors (Lipinski definition) is 0. The lowest BCUT2D eigenvalue weighted by Crippen LogP contribution is -1.95. The Morgan fingerprint density at radius 3 is 2.04 bits per heavy atom. The predicted octanol–water partition coefficient (Wildman–Crippen LogP) is 6.91. The molecule has 0 aliphatic rings. The summed E-state index contributed by atoms with van der Waals surface area (Å²) < 4.78 is 0. The standard InChI is InChI=1S/C22H21Cl/c1-14-10-11-19(16(3)12-14)21-17(4)15(2)13-20(22(21)23)18-8-6-5-7-9-18/h5-13H,1-4H3. The molecule has 0 fully saturated rings. The summed E-state index contributed by atoms with van der Waals surface area (Å²) in [6.45, 7) is 8.59. The molecule has 0 unspecified atom stereocenters. The molecule has 0 radical (unpaired) electrons. The van der Waals surface area contributed by atoms with Gasteiger partial charge in [0.05, 0.1) is 5.02 Å². The smallest absolute Gasteiger partial charge is 0.0565 e. The second-order valence-electron chi connectivity index (χ2n) is 6.24. The van der Waals surface area contributed by atoms with Crippen LogP contribution >= 0.6 is 11.6 Å². The van der Waals surface area contributed by atoms with Crippen LogP contribution in [0.1, 0.15) is 22.3 Å². The summed E-state index contributed by atoms with van der Waals surface area (Å²) in [7, 11) is 0. The third-order valence-electron chi connectivity index (χ3n) is 4.52. The van der Waals surface area contributed by atoms with Crippen LogP contribution in [0.2, 0.25) is 5.02 Å². The summed E-state index contributed by atoms with van der Waals surface area (Å²) in [5.41, 5.74) is 9.69. The first-order valence-corrected chi connectivity index (χ1v) is 8.29. The van der Waals surface area contributed by atoms with Gasteiger partial charge < -0.3 is 0 Å². The molecule has 3 aromatic rings. The Kier molecular flexibility index (Phi) is 4.28. The van der Waals surface area contributed by atoms with E-state index in [4.69, 9.17) is 11.6 Å². The van der Waals surface area contributed by atoms with E-state index in [0.717, 1.165) is 21.7 Å². The van der Waals surface area contributed by atoms with Crippen molar-refractivity contribution < 1.29 is 0 Å². The molecule has 0 N–H and O–H groups in total. The molecule has 1 heteroatoms. The molecular formula is C22H21Cl. The second-order valence-corrected chi connectivity index (χ2v) is 6.62. The Hall–Kier alpha value is -2.05. The molecule has 0 saturated heterocycles. The molecule has 0 nitrogen and oxygen atoms in total. The maximum atomic E-state index is 6.87. The van der Waals surface area contributed by atoms with Gasteiger partial charge in [-0.25, -0.2) is 0 Å². The Bertz CT molecular complexity index is 861. The van der Waals surface area contributed by atoms with Gasteiger partial charge in [-0.1, -0.05) is 65.7 Å². The number of aryl methyl sites for hydroxylation is 3. The summed E-state index contributed by atoms with van der Waals surface area (Å²) >= 11 is 6.87. The summed E-state index contributed by atoms with van der Waals surface area (Å²) in [5.74, 6) is 0. The minimum atomic E-state index is 0.839. The molecule has 0 amide bonds.